The molecule has 4 nitrogen and oxygen atoms in total. The van der Waals surface area contributed by atoms with Crippen LogP contribution in [0.1, 0.15) is 36.0 Å². The summed E-state index contributed by atoms with van der Waals surface area (Å²) in [6, 6.07) is 35.3. The van der Waals surface area contributed by atoms with Gasteiger partial charge in [0, 0.05) is 53.1 Å². The molecule has 3 aromatic heterocycles. The summed E-state index contributed by atoms with van der Waals surface area (Å²) in [5.74, 6) is 0.290. The quantitative estimate of drug-likeness (QED) is 0.0985. The maximum atomic E-state index is 12.8. The number of aryl methyl sites for hydroxylation is 1. The Labute approximate surface area is 336 Å². The standard InChI is InChI=1S/C31H29N2OSi2.C15H15FN.Ir/c1-19-10-13-23(30-32-18-27-31(33-30)36(4,5)15-14-35(27,2)3)29-28(19)25-16-21-12-11-20-8-6-7-9-22(20)24(21)17-26(25)34-29;1-15(2,3)12-8-9-17-14(10-12)11-4-6-13(16)7-5-11;/h6-12,16-18H,14-15H2,1-5H3;4,6-10H,1-3H3;/q2*-1;/i1D3;;. The molecule has 0 fully saturated rings. The van der Waals surface area contributed by atoms with E-state index in [9.17, 15) is 4.39 Å². The molecular weight excluding hydrogens is 878 g/mol. The molecule has 0 atom stereocenters. The molecule has 0 aliphatic carbocycles. The first-order chi connectivity index (χ1) is 26.4. The number of aromatic nitrogens is 3. The van der Waals surface area contributed by atoms with Crippen molar-refractivity contribution in [1.82, 2.24) is 15.0 Å². The molecule has 0 spiro atoms. The maximum Gasteiger partial charge on any atom is 0.121 e. The zero-order valence-electron chi connectivity index (χ0n) is 34.6. The molecule has 5 aromatic carbocycles. The predicted octanol–water partition coefficient (Wildman–Crippen LogP) is 11.3. The van der Waals surface area contributed by atoms with Gasteiger partial charge in [0.2, 0.25) is 0 Å². The molecule has 4 heterocycles. The van der Waals surface area contributed by atoms with Gasteiger partial charge in [0.05, 0.1) is 19.5 Å². The van der Waals surface area contributed by atoms with Crippen molar-refractivity contribution in [2.45, 2.75) is 71.3 Å². The maximum absolute atomic E-state index is 12.8. The molecule has 0 saturated heterocycles. The van der Waals surface area contributed by atoms with Crippen LogP contribution in [0, 0.1) is 24.8 Å². The van der Waals surface area contributed by atoms with Gasteiger partial charge in [-0.2, -0.15) is 0 Å². The van der Waals surface area contributed by atoms with Gasteiger partial charge in [0.15, 0.2) is 0 Å². The van der Waals surface area contributed by atoms with E-state index in [4.69, 9.17) is 18.5 Å². The van der Waals surface area contributed by atoms with Crippen molar-refractivity contribution in [3.05, 3.63) is 126 Å². The summed E-state index contributed by atoms with van der Waals surface area (Å²) in [6.45, 7) is 13.7. The van der Waals surface area contributed by atoms with Crippen LogP contribution in [0.15, 0.2) is 102 Å². The van der Waals surface area contributed by atoms with Gasteiger partial charge in [-0.15, -0.1) is 47.5 Å². The third-order valence-corrected chi connectivity index (χ3v) is 18.1. The topological polar surface area (TPSA) is 51.8 Å². The van der Waals surface area contributed by atoms with Crippen LogP contribution >= 0.6 is 0 Å². The molecule has 8 aromatic rings. The number of nitrogens with zero attached hydrogens (tertiary/aromatic N) is 3. The van der Waals surface area contributed by atoms with E-state index in [-0.39, 0.29) is 36.9 Å². The number of rotatable bonds is 2. The number of hydrogen-bond donors (Lipinski definition) is 0. The third-order valence-electron chi connectivity index (χ3n) is 10.8. The van der Waals surface area contributed by atoms with Crippen molar-refractivity contribution >= 4 is 70.1 Å². The minimum atomic E-state index is -2.32. The molecule has 8 heteroatoms. The minimum absolute atomic E-state index is 0. The Morgan fingerprint density at radius 2 is 1.59 bits per heavy atom. The fraction of sp³-hybridized carbons (Fsp3) is 0.239. The number of benzene rings is 5. The van der Waals surface area contributed by atoms with Crippen molar-refractivity contribution in [3.8, 4) is 22.6 Å². The zero-order valence-corrected chi connectivity index (χ0v) is 36.0. The van der Waals surface area contributed by atoms with Crippen LogP contribution in [0.5, 0.6) is 0 Å². The monoisotopic (exact) mass is 925 g/mol. The van der Waals surface area contributed by atoms with Crippen LogP contribution in [0.4, 0.5) is 4.39 Å². The van der Waals surface area contributed by atoms with Crippen LogP contribution in [0.3, 0.4) is 0 Å². The first kappa shape index (κ1) is 34.2. The van der Waals surface area contributed by atoms with Gasteiger partial charge in [0.1, 0.15) is 13.7 Å². The molecule has 0 unspecified atom stereocenters. The predicted molar refractivity (Wildman–Crippen MR) is 224 cm³/mol. The van der Waals surface area contributed by atoms with Crippen LogP contribution in [0.2, 0.25) is 38.3 Å². The van der Waals surface area contributed by atoms with Crippen LogP contribution in [-0.2, 0) is 25.5 Å². The van der Waals surface area contributed by atoms with Gasteiger partial charge in [-0.25, -0.2) is 0 Å². The Kier molecular flexibility index (Phi) is 8.90. The largest absolute Gasteiger partial charge is 0.501 e. The average molecular weight is 925 g/mol. The van der Waals surface area contributed by atoms with E-state index < -0.39 is 23.0 Å². The summed E-state index contributed by atoms with van der Waals surface area (Å²) in [5, 5.41) is 8.40. The van der Waals surface area contributed by atoms with Gasteiger partial charge in [-0.05, 0) is 61.6 Å². The number of halogens is 1. The van der Waals surface area contributed by atoms with Crippen LogP contribution < -0.4 is 10.5 Å². The van der Waals surface area contributed by atoms with Crippen molar-refractivity contribution < 1.29 is 33.0 Å². The van der Waals surface area contributed by atoms with Gasteiger partial charge < -0.3 is 9.40 Å². The fourth-order valence-electron chi connectivity index (χ4n) is 7.49. The molecule has 9 rings (SSSR count). The third kappa shape index (κ3) is 6.90. The first-order valence-corrected chi connectivity index (χ1v) is 24.6. The number of furan rings is 1. The Morgan fingerprint density at radius 1 is 0.815 bits per heavy atom. The van der Waals surface area contributed by atoms with E-state index in [2.05, 4.69) is 94.4 Å². The summed E-state index contributed by atoms with van der Waals surface area (Å²) in [4.78, 5) is 14.3. The van der Waals surface area contributed by atoms with Gasteiger partial charge in [-0.1, -0.05) is 119 Å². The second kappa shape index (κ2) is 14.1. The molecule has 1 aliphatic rings. The second-order valence-corrected chi connectivity index (χ2v) is 26.1. The Bertz CT molecular complexity index is 2810. The van der Waals surface area contributed by atoms with Crippen molar-refractivity contribution in [1.29, 1.82) is 0 Å². The number of pyridine rings is 1. The molecule has 0 N–H and O–H groups in total. The summed E-state index contributed by atoms with van der Waals surface area (Å²) in [6.07, 6.45) is 3.82. The Hall–Kier alpha value is -4.34. The first-order valence-electron chi connectivity index (χ1n) is 19.7. The molecule has 1 aliphatic heterocycles. The van der Waals surface area contributed by atoms with Gasteiger partial charge >= 0.3 is 0 Å². The molecule has 275 valence electrons. The Balaban J connectivity index is 0.000000232. The van der Waals surface area contributed by atoms with E-state index in [0.29, 0.717) is 27.9 Å². The van der Waals surface area contributed by atoms with Gasteiger partial charge in [-0.3, -0.25) is 14.4 Å². The van der Waals surface area contributed by atoms with E-state index in [0.717, 1.165) is 38.2 Å². The molecule has 1 radical (unpaired) electrons. The normalized spacial score (nSPS) is 15.8. The van der Waals surface area contributed by atoms with Crippen LogP contribution in [0.25, 0.3) is 66.1 Å². The SMILES string of the molecule is CC(C)(C)c1ccnc(-c2[c-]cc(F)cc2)c1.[2H]C([2H])([2H])c1c[c-]c(-c2ncc3c(n2)[Si](C)(C)CC[Si]3(C)C)c2oc3cc4c(ccc5ccccc54)cc3c12.[Ir]. The van der Waals surface area contributed by atoms with E-state index in [1.165, 1.54) is 40.3 Å². The van der Waals surface area contributed by atoms with E-state index >= 15 is 0 Å². The van der Waals surface area contributed by atoms with Crippen molar-refractivity contribution in [2.75, 3.05) is 0 Å². The Morgan fingerprint density at radius 3 is 2.35 bits per heavy atom. The minimum Gasteiger partial charge on any atom is -0.501 e. The second-order valence-electron chi connectivity index (χ2n) is 16.6. The fourth-order valence-corrected chi connectivity index (χ4v) is 17.3. The summed E-state index contributed by atoms with van der Waals surface area (Å²) in [7, 11) is -3.30. The number of fused-ring (bicyclic) bond motifs is 7. The molecule has 54 heavy (non-hydrogen) atoms. The summed E-state index contributed by atoms with van der Waals surface area (Å²) >= 11 is 0. The average Bonchev–Trinajstić information content (AvgIpc) is 3.53. The molecule has 0 saturated carbocycles. The van der Waals surface area contributed by atoms with Gasteiger partial charge in [0.25, 0.3) is 0 Å². The number of hydrogen-bond acceptors (Lipinski definition) is 4. The summed E-state index contributed by atoms with van der Waals surface area (Å²) in [5.41, 5.74) is 4.95. The smallest absolute Gasteiger partial charge is 0.121 e. The van der Waals surface area contributed by atoms with Crippen LogP contribution in [-0.4, -0.2) is 31.1 Å². The zero-order chi connectivity index (χ0) is 39.8. The van der Waals surface area contributed by atoms with Crippen molar-refractivity contribution in [3.63, 3.8) is 0 Å². The molecule has 0 bridgehead atoms. The molecular formula is C46H44FIrN3OSi2-2. The van der Waals surface area contributed by atoms with E-state index in [1.54, 1.807) is 18.3 Å². The molecule has 0 amide bonds. The van der Waals surface area contributed by atoms with Crippen molar-refractivity contribution in [2.24, 2.45) is 0 Å². The van der Waals surface area contributed by atoms with E-state index in [1.807, 2.05) is 36.5 Å². The summed E-state index contributed by atoms with van der Waals surface area (Å²) < 4.78 is 44.2.